The maximum absolute atomic E-state index is 11.5. The fourth-order valence-electron chi connectivity index (χ4n) is 1.82. The summed E-state index contributed by atoms with van der Waals surface area (Å²) in [5, 5.41) is 5.94. The zero-order chi connectivity index (χ0) is 18.7. The van der Waals surface area contributed by atoms with Crippen LogP contribution in [0.3, 0.4) is 0 Å². The Hall–Kier alpha value is -2.34. The number of nitrogens with one attached hydrogen (secondary N) is 2. The number of hydrogen-bond donors (Lipinski definition) is 2. The lowest BCUT2D eigenvalue weighted by Crippen LogP contribution is -2.36. The molecule has 0 saturated heterocycles. The van der Waals surface area contributed by atoms with E-state index in [1.807, 2.05) is 45.0 Å². The van der Waals surface area contributed by atoms with Gasteiger partial charge in [-0.3, -0.25) is 4.79 Å². The first kappa shape index (κ1) is 20.7. The first-order chi connectivity index (χ1) is 11.8. The molecule has 0 atom stereocenters. The van der Waals surface area contributed by atoms with Crippen LogP contribution in [0.15, 0.2) is 30.5 Å². The molecule has 1 aromatic rings. The van der Waals surface area contributed by atoms with Crippen molar-refractivity contribution in [1.82, 2.24) is 10.6 Å². The predicted molar refractivity (Wildman–Crippen MR) is 97.8 cm³/mol. The zero-order valence-corrected chi connectivity index (χ0v) is 15.4. The van der Waals surface area contributed by atoms with Crippen LogP contribution in [0, 0.1) is 0 Å². The van der Waals surface area contributed by atoms with Gasteiger partial charge in [0.15, 0.2) is 0 Å². The lowest BCUT2D eigenvalue weighted by molar-refractivity contribution is -0.137. The highest BCUT2D eigenvalue weighted by molar-refractivity contribution is 5.70. The summed E-state index contributed by atoms with van der Waals surface area (Å²) in [6, 6.07) is 7.89. The van der Waals surface area contributed by atoms with Gasteiger partial charge >= 0.3 is 12.1 Å². The van der Waals surface area contributed by atoms with Gasteiger partial charge in [-0.1, -0.05) is 31.2 Å². The van der Waals surface area contributed by atoms with E-state index in [1.165, 1.54) is 6.26 Å². The molecule has 6 heteroatoms. The molecule has 138 valence electrons. The van der Waals surface area contributed by atoms with Gasteiger partial charge in [0, 0.05) is 26.1 Å². The average Bonchev–Trinajstić information content (AvgIpc) is 2.54. The molecule has 0 aliphatic heterocycles. The third kappa shape index (κ3) is 10.2. The van der Waals surface area contributed by atoms with Crippen LogP contribution < -0.4 is 10.6 Å². The number of benzene rings is 1. The Morgan fingerprint density at radius 3 is 2.40 bits per heavy atom. The van der Waals surface area contributed by atoms with Crippen molar-refractivity contribution in [2.75, 3.05) is 13.1 Å². The molecule has 0 aromatic heterocycles. The van der Waals surface area contributed by atoms with Crippen molar-refractivity contribution in [3.63, 3.8) is 0 Å². The van der Waals surface area contributed by atoms with Crippen LogP contribution in [0.4, 0.5) is 4.79 Å². The highest BCUT2D eigenvalue weighted by Gasteiger charge is 2.15. The Balaban J connectivity index is 2.23. The van der Waals surface area contributed by atoms with Gasteiger partial charge in [-0.15, -0.1) is 0 Å². The normalized spacial score (nSPS) is 11.4. The summed E-state index contributed by atoms with van der Waals surface area (Å²) in [4.78, 5) is 22.5. The third-order valence-electron chi connectivity index (χ3n) is 3.03. The van der Waals surface area contributed by atoms with Crippen molar-refractivity contribution < 1.29 is 19.1 Å². The minimum Gasteiger partial charge on any atom is -0.444 e. The highest BCUT2D eigenvalue weighted by Crippen LogP contribution is 2.07. The summed E-state index contributed by atoms with van der Waals surface area (Å²) in [5.41, 5.74) is 1.60. The Bertz CT molecular complexity index is 574. The van der Waals surface area contributed by atoms with E-state index in [0.717, 1.165) is 11.1 Å². The van der Waals surface area contributed by atoms with Crippen molar-refractivity contribution in [2.45, 2.75) is 46.3 Å². The van der Waals surface area contributed by atoms with Crippen molar-refractivity contribution in [1.29, 1.82) is 0 Å². The van der Waals surface area contributed by atoms with Crippen LogP contribution in [-0.2, 0) is 20.8 Å². The SMILES string of the molecule is CCC(=O)O/C=C/c1ccc(CNCCNC(=O)OC(C)(C)C)cc1. The molecule has 2 N–H and O–H groups in total. The van der Waals surface area contributed by atoms with Crippen LogP contribution in [0.1, 0.15) is 45.2 Å². The standard InChI is InChI=1S/C19H28N2O4/c1-5-17(22)24-13-10-15-6-8-16(9-7-15)14-20-11-12-21-18(23)25-19(2,3)4/h6-10,13,20H,5,11-12,14H2,1-4H3,(H,21,23)/b13-10+. The maximum Gasteiger partial charge on any atom is 0.407 e. The summed E-state index contributed by atoms with van der Waals surface area (Å²) in [6.07, 6.45) is 3.10. The third-order valence-corrected chi connectivity index (χ3v) is 3.03. The van der Waals surface area contributed by atoms with Crippen LogP contribution in [0.5, 0.6) is 0 Å². The Labute approximate surface area is 149 Å². The van der Waals surface area contributed by atoms with Crippen LogP contribution in [0.2, 0.25) is 0 Å². The number of amides is 1. The molecule has 0 unspecified atom stereocenters. The van der Waals surface area contributed by atoms with E-state index >= 15 is 0 Å². The number of alkyl carbamates (subject to hydrolysis) is 1. The number of hydrogen-bond acceptors (Lipinski definition) is 5. The molecule has 1 amide bonds. The summed E-state index contributed by atoms with van der Waals surface area (Å²) in [7, 11) is 0. The van der Waals surface area contributed by atoms with E-state index in [9.17, 15) is 9.59 Å². The minimum atomic E-state index is -0.484. The van der Waals surface area contributed by atoms with E-state index < -0.39 is 11.7 Å². The molecule has 0 aliphatic carbocycles. The fourth-order valence-corrected chi connectivity index (χ4v) is 1.82. The highest BCUT2D eigenvalue weighted by atomic mass is 16.6. The second-order valence-corrected chi connectivity index (χ2v) is 6.49. The Kier molecular flexibility index (Phi) is 8.70. The van der Waals surface area contributed by atoms with Crippen molar-refractivity contribution in [3.8, 4) is 0 Å². The van der Waals surface area contributed by atoms with Crippen molar-refractivity contribution >= 4 is 18.1 Å². The van der Waals surface area contributed by atoms with E-state index in [-0.39, 0.29) is 5.97 Å². The maximum atomic E-state index is 11.5. The Morgan fingerprint density at radius 1 is 1.12 bits per heavy atom. The lowest BCUT2D eigenvalue weighted by atomic mass is 10.1. The summed E-state index contributed by atoms with van der Waals surface area (Å²) in [6.45, 7) is 9.09. The van der Waals surface area contributed by atoms with Gasteiger partial charge in [0.2, 0.25) is 0 Å². The van der Waals surface area contributed by atoms with Crippen molar-refractivity contribution in [2.24, 2.45) is 0 Å². The van der Waals surface area contributed by atoms with Gasteiger partial charge in [-0.2, -0.15) is 0 Å². The monoisotopic (exact) mass is 348 g/mol. The predicted octanol–water partition coefficient (Wildman–Crippen LogP) is 3.22. The van der Waals surface area contributed by atoms with Gasteiger partial charge in [-0.25, -0.2) is 4.79 Å². The molecule has 1 aromatic carbocycles. The molecular formula is C19H28N2O4. The van der Waals surface area contributed by atoms with E-state index in [2.05, 4.69) is 10.6 Å². The number of carbonyl (C=O) groups excluding carboxylic acids is 2. The van der Waals surface area contributed by atoms with E-state index in [4.69, 9.17) is 9.47 Å². The molecule has 0 bridgehead atoms. The quantitative estimate of drug-likeness (QED) is 0.428. The number of esters is 1. The smallest absolute Gasteiger partial charge is 0.407 e. The molecule has 0 fully saturated rings. The fraction of sp³-hybridized carbons (Fsp3) is 0.474. The topological polar surface area (TPSA) is 76.7 Å². The number of ether oxygens (including phenoxy) is 2. The molecular weight excluding hydrogens is 320 g/mol. The number of rotatable bonds is 8. The van der Waals surface area contributed by atoms with Crippen LogP contribution in [-0.4, -0.2) is 30.8 Å². The summed E-state index contributed by atoms with van der Waals surface area (Å²) >= 11 is 0. The first-order valence-electron chi connectivity index (χ1n) is 8.42. The second kappa shape index (κ2) is 10.5. The molecule has 1 rings (SSSR count). The summed E-state index contributed by atoms with van der Waals surface area (Å²) < 4.78 is 10.0. The van der Waals surface area contributed by atoms with Crippen molar-refractivity contribution in [3.05, 3.63) is 41.7 Å². The van der Waals surface area contributed by atoms with Gasteiger partial charge in [0.25, 0.3) is 0 Å². The largest absolute Gasteiger partial charge is 0.444 e. The average molecular weight is 348 g/mol. The van der Waals surface area contributed by atoms with E-state index in [0.29, 0.717) is 26.1 Å². The lowest BCUT2D eigenvalue weighted by Gasteiger charge is -2.19. The molecule has 25 heavy (non-hydrogen) atoms. The zero-order valence-electron chi connectivity index (χ0n) is 15.4. The van der Waals surface area contributed by atoms with Gasteiger partial charge < -0.3 is 20.1 Å². The van der Waals surface area contributed by atoms with Crippen LogP contribution in [0.25, 0.3) is 6.08 Å². The van der Waals surface area contributed by atoms with Crippen LogP contribution >= 0.6 is 0 Å². The van der Waals surface area contributed by atoms with E-state index in [1.54, 1.807) is 13.0 Å². The van der Waals surface area contributed by atoms with Gasteiger partial charge in [0.05, 0.1) is 6.26 Å². The molecule has 0 saturated carbocycles. The molecule has 6 nitrogen and oxygen atoms in total. The van der Waals surface area contributed by atoms with Gasteiger partial charge in [0.1, 0.15) is 5.60 Å². The number of carbonyl (C=O) groups is 2. The minimum absolute atomic E-state index is 0.253. The second-order valence-electron chi connectivity index (χ2n) is 6.49. The Morgan fingerprint density at radius 2 is 1.80 bits per heavy atom. The van der Waals surface area contributed by atoms with Gasteiger partial charge in [-0.05, 0) is 38.0 Å². The summed E-state index contributed by atoms with van der Waals surface area (Å²) in [5.74, 6) is -0.253. The first-order valence-corrected chi connectivity index (χ1v) is 8.42. The molecule has 0 aliphatic rings. The molecule has 0 heterocycles. The molecule has 0 spiro atoms. The molecule has 0 radical (unpaired) electrons.